The lowest BCUT2D eigenvalue weighted by atomic mass is 9.79. The van der Waals surface area contributed by atoms with E-state index in [9.17, 15) is 4.79 Å². The molecule has 2 aliphatic rings. The number of guanidine groups is 1. The van der Waals surface area contributed by atoms with Gasteiger partial charge in [-0.2, -0.15) is 0 Å². The maximum Gasteiger partial charge on any atom is 0.260 e. The smallest absolute Gasteiger partial charge is 0.260 e. The Morgan fingerprint density at radius 1 is 1.25 bits per heavy atom. The molecule has 0 saturated heterocycles. The highest BCUT2D eigenvalue weighted by atomic mass is 16.5. The summed E-state index contributed by atoms with van der Waals surface area (Å²) in [7, 11) is 1.69. The van der Waals surface area contributed by atoms with Crippen LogP contribution in [0.15, 0.2) is 17.1 Å². The number of benzene rings is 1. The van der Waals surface area contributed by atoms with Crippen LogP contribution in [0.25, 0.3) is 0 Å². The molecule has 1 atom stereocenters. The van der Waals surface area contributed by atoms with Crippen LogP contribution in [0.5, 0.6) is 5.75 Å². The van der Waals surface area contributed by atoms with Crippen molar-refractivity contribution in [2.24, 2.45) is 16.6 Å². The Labute approximate surface area is 168 Å². The highest BCUT2D eigenvalue weighted by Gasteiger charge is 2.48. The molecule has 1 heterocycles. The standard InChI is InChI=1S/C22H34N4O2/c1-14(2)17-11-18(23)15(3)10-19(17)28-13-22(12-16-8-6-5-7-9-16)20(27)26(4)21(24)25-22/h10-11,14,16H,5-9,12-13,23H2,1-4H3,(H2,24,25). The third-order valence-electron chi connectivity index (χ3n) is 6.21. The third-order valence-corrected chi connectivity index (χ3v) is 6.21. The van der Waals surface area contributed by atoms with Crippen molar-refractivity contribution in [1.82, 2.24) is 4.90 Å². The van der Waals surface area contributed by atoms with Gasteiger partial charge in [0, 0.05) is 12.7 Å². The van der Waals surface area contributed by atoms with Gasteiger partial charge in [0.05, 0.1) is 0 Å². The van der Waals surface area contributed by atoms with Gasteiger partial charge in [0.2, 0.25) is 0 Å². The summed E-state index contributed by atoms with van der Waals surface area (Å²) in [6.07, 6.45) is 6.71. The third kappa shape index (κ3) is 3.96. The molecule has 1 fully saturated rings. The number of hydrogen-bond acceptors (Lipinski definition) is 5. The van der Waals surface area contributed by atoms with Crippen molar-refractivity contribution in [2.45, 2.75) is 70.8 Å². The van der Waals surface area contributed by atoms with Crippen LogP contribution < -0.4 is 16.2 Å². The number of likely N-dealkylation sites (N-methyl/N-ethyl adjacent to an activating group) is 1. The highest BCUT2D eigenvalue weighted by Crippen LogP contribution is 2.37. The fraction of sp³-hybridized carbons (Fsp3) is 0.636. The van der Waals surface area contributed by atoms with Crippen LogP contribution in [-0.4, -0.2) is 36.0 Å². The highest BCUT2D eigenvalue weighted by molar-refractivity contribution is 6.06. The minimum Gasteiger partial charge on any atom is -0.490 e. The number of carbonyl (C=O) groups is 1. The van der Waals surface area contributed by atoms with Crippen molar-refractivity contribution in [1.29, 1.82) is 0 Å². The molecule has 1 aromatic rings. The summed E-state index contributed by atoms with van der Waals surface area (Å²) in [6, 6.07) is 3.94. The average Bonchev–Trinajstić information content (AvgIpc) is 2.87. The first-order valence-electron chi connectivity index (χ1n) is 10.4. The van der Waals surface area contributed by atoms with Crippen LogP contribution in [0.4, 0.5) is 5.69 Å². The minimum absolute atomic E-state index is 0.0613. The molecule has 1 unspecified atom stereocenters. The molecule has 1 amide bonds. The molecule has 154 valence electrons. The molecule has 1 saturated carbocycles. The first kappa shape index (κ1) is 20.5. The Kier molecular flexibility index (Phi) is 5.87. The van der Waals surface area contributed by atoms with E-state index in [2.05, 4.69) is 18.8 Å². The van der Waals surface area contributed by atoms with E-state index in [-0.39, 0.29) is 24.4 Å². The van der Waals surface area contributed by atoms with Crippen molar-refractivity contribution in [3.63, 3.8) is 0 Å². The van der Waals surface area contributed by atoms with Crippen LogP contribution in [0.2, 0.25) is 0 Å². The second-order valence-corrected chi connectivity index (χ2v) is 8.76. The normalized spacial score (nSPS) is 23.4. The van der Waals surface area contributed by atoms with E-state index in [0.29, 0.717) is 12.3 Å². The van der Waals surface area contributed by atoms with Gasteiger partial charge in [-0.15, -0.1) is 0 Å². The van der Waals surface area contributed by atoms with E-state index in [1.807, 2.05) is 19.1 Å². The molecule has 0 aromatic heterocycles. The molecular weight excluding hydrogens is 352 g/mol. The summed E-state index contributed by atoms with van der Waals surface area (Å²) < 4.78 is 6.26. The largest absolute Gasteiger partial charge is 0.490 e. The Morgan fingerprint density at radius 2 is 1.93 bits per heavy atom. The van der Waals surface area contributed by atoms with Gasteiger partial charge in [0.15, 0.2) is 11.5 Å². The fourth-order valence-electron chi connectivity index (χ4n) is 4.40. The van der Waals surface area contributed by atoms with Crippen molar-refractivity contribution in [3.05, 3.63) is 23.3 Å². The van der Waals surface area contributed by atoms with E-state index < -0.39 is 5.54 Å². The van der Waals surface area contributed by atoms with Crippen LogP contribution in [0, 0.1) is 12.8 Å². The number of rotatable bonds is 6. The number of nitrogens with zero attached hydrogens (tertiary/aromatic N) is 2. The molecule has 6 heteroatoms. The van der Waals surface area contributed by atoms with Gasteiger partial charge in [-0.3, -0.25) is 9.69 Å². The first-order chi connectivity index (χ1) is 13.2. The quantitative estimate of drug-likeness (QED) is 0.731. The van der Waals surface area contributed by atoms with Gasteiger partial charge in [-0.1, -0.05) is 46.0 Å². The maximum atomic E-state index is 13.1. The molecule has 0 spiro atoms. The summed E-state index contributed by atoms with van der Waals surface area (Å²) in [5.41, 5.74) is 14.0. The zero-order chi connectivity index (χ0) is 20.5. The van der Waals surface area contributed by atoms with Crippen molar-refractivity contribution >= 4 is 17.6 Å². The Bertz CT molecular complexity index is 768. The van der Waals surface area contributed by atoms with Crippen molar-refractivity contribution in [2.75, 3.05) is 19.4 Å². The van der Waals surface area contributed by atoms with Gasteiger partial charge in [-0.05, 0) is 48.4 Å². The molecule has 6 nitrogen and oxygen atoms in total. The zero-order valence-corrected chi connectivity index (χ0v) is 17.6. The van der Waals surface area contributed by atoms with Gasteiger partial charge in [0.1, 0.15) is 12.4 Å². The number of anilines is 1. The number of carbonyl (C=O) groups excluding carboxylic acids is 1. The van der Waals surface area contributed by atoms with Crippen molar-refractivity contribution in [3.8, 4) is 5.75 Å². The molecular formula is C22H34N4O2. The second kappa shape index (κ2) is 8.02. The summed E-state index contributed by atoms with van der Waals surface area (Å²) in [6.45, 7) is 6.39. The number of amides is 1. The SMILES string of the molecule is Cc1cc(OCC2(CC3CCCCC3)N=C(N)N(C)C2=O)c(C(C)C)cc1N. The summed E-state index contributed by atoms with van der Waals surface area (Å²) in [5, 5.41) is 0. The van der Waals surface area contributed by atoms with Gasteiger partial charge >= 0.3 is 0 Å². The molecule has 1 aliphatic carbocycles. The minimum atomic E-state index is -0.926. The number of aliphatic imine (C=N–C) groups is 1. The fourth-order valence-corrected chi connectivity index (χ4v) is 4.40. The van der Waals surface area contributed by atoms with E-state index >= 15 is 0 Å². The Morgan fingerprint density at radius 3 is 2.50 bits per heavy atom. The second-order valence-electron chi connectivity index (χ2n) is 8.76. The Hall–Kier alpha value is -2.24. The number of nitrogens with two attached hydrogens (primary N) is 2. The molecule has 1 aliphatic heterocycles. The van der Waals surface area contributed by atoms with Gasteiger partial charge in [0.25, 0.3) is 5.91 Å². The van der Waals surface area contributed by atoms with Crippen LogP contribution in [0.3, 0.4) is 0 Å². The predicted molar refractivity (Wildman–Crippen MR) is 113 cm³/mol. The molecule has 1 aromatic carbocycles. The maximum absolute atomic E-state index is 13.1. The summed E-state index contributed by atoms with van der Waals surface area (Å²) >= 11 is 0. The van der Waals surface area contributed by atoms with Crippen LogP contribution in [-0.2, 0) is 4.79 Å². The van der Waals surface area contributed by atoms with E-state index in [4.69, 9.17) is 16.2 Å². The van der Waals surface area contributed by atoms with Gasteiger partial charge in [-0.25, -0.2) is 4.99 Å². The monoisotopic (exact) mass is 386 g/mol. The topological polar surface area (TPSA) is 93.9 Å². The lowest BCUT2D eigenvalue weighted by Gasteiger charge is -2.31. The number of ether oxygens (including phenoxy) is 1. The molecule has 3 rings (SSSR count). The van der Waals surface area contributed by atoms with Crippen LogP contribution in [0.1, 0.15) is 69.4 Å². The average molecular weight is 387 g/mol. The number of nitrogen functional groups attached to an aromatic ring is 1. The van der Waals surface area contributed by atoms with E-state index in [0.717, 1.165) is 35.4 Å². The lowest BCUT2D eigenvalue weighted by molar-refractivity contribution is -0.132. The molecule has 4 N–H and O–H groups in total. The Balaban J connectivity index is 1.87. The first-order valence-corrected chi connectivity index (χ1v) is 10.4. The summed E-state index contributed by atoms with van der Waals surface area (Å²) in [4.78, 5) is 19.2. The van der Waals surface area contributed by atoms with Gasteiger partial charge < -0.3 is 16.2 Å². The van der Waals surface area contributed by atoms with Crippen LogP contribution >= 0.6 is 0 Å². The number of aryl methyl sites for hydroxylation is 1. The van der Waals surface area contributed by atoms with E-state index in [1.54, 1.807) is 7.05 Å². The number of hydrogen-bond donors (Lipinski definition) is 2. The predicted octanol–water partition coefficient (Wildman–Crippen LogP) is 3.58. The molecule has 0 bridgehead atoms. The zero-order valence-electron chi connectivity index (χ0n) is 17.6. The lowest BCUT2D eigenvalue weighted by Crippen LogP contribution is -2.47. The van der Waals surface area contributed by atoms with Crippen molar-refractivity contribution < 1.29 is 9.53 Å². The molecule has 0 radical (unpaired) electrons. The summed E-state index contributed by atoms with van der Waals surface area (Å²) in [5.74, 6) is 1.75. The molecule has 28 heavy (non-hydrogen) atoms. The van der Waals surface area contributed by atoms with E-state index in [1.165, 1.54) is 24.2 Å².